The second-order valence-corrected chi connectivity index (χ2v) is 7.60. The molecule has 0 fully saturated rings. The van der Waals surface area contributed by atoms with Crippen LogP contribution in [-0.4, -0.2) is 28.5 Å². The molecule has 0 radical (unpaired) electrons. The van der Waals surface area contributed by atoms with E-state index < -0.39 is 10.0 Å². The average Bonchev–Trinajstić information content (AvgIpc) is 2.65. The quantitative estimate of drug-likeness (QED) is 0.530. The number of hydrogen-bond donors (Lipinski definition) is 3. The monoisotopic (exact) mass is 378 g/mol. The topological polar surface area (TPSA) is 82.6 Å². The first kappa shape index (κ1) is 19.9. The van der Waals surface area contributed by atoms with Crippen molar-refractivity contribution in [3.63, 3.8) is 0 Å². The molecule has 2 aromatic carbocycles. The fourth-order valence-corrected chi connectivity index (χ4v) is 2.97. The SMILES string of the molecule is CN=C(NCc1ccc(S(=O)(=O)NC)cc1)NCc1ccc(C)c(F)c1. The van der Waals surface area contributed by atoms with Crippen LogP contribution in [0, 0.1) is 12.7 Å². The minimum absolute atomic E-state index is 0.215. The molecule has 0 atom stereocenters. The van der Waals surface area contributed by atoms with E-state index in [-0.39, 0.29) is 10.7 Å². The maximum atomic E-state index is 13.6. The van der Waals surface area contributed by atoms with Gasteiger partial charge < -0.3 is 10.6 Å². The number of rotatable bonds is 6. The third-order valence-corrected chi connectivity index (χ3v) is 5.31. The second-order valence-electron chi connectivity index (χ2n) is 5.71. The van der Waals surface area contributed by atoms with Crippen LogP contribution in [0.15, 0.2) is 52.4 Å². The van der Waals surface area contributed by atoms with Crippen LogP contribution in [0.25, 0.3) is 0 Å². The van der Waals surface area contributed by atoms with E-state index in [1.807, 2.05) is 6.07 Å². The van der Waals surface area contributed by atoms with Gasteiger partial charge in [-0.15, -0.1) is 0 Å². The summed E-state index contributed by atoms with van der Waals surface area (Å²) in [6, 6.07) is 11.7. The third-order valence-electron chi connectivity index (χ3n) is 3.88. The Morgan fingerprint density at radius 3 is 2.15 bits per heavy atom. The molecule has 6 nitrogen and oxygen atoms in total. The van der Waals surface area contributed by atoms with Crippen LogP contribution in [0.5, 0.6) is 0 Å². The molecule has 0 aliphatic carbocycles. The zero-order chi connectivity index (χ0) is 19.2. The predicted molar refractivity (Wildman–Crippen MR) is 101 cm³/mol. The van der Waals surface area contributed by atoms with E-state index in [4.69, 9.17) is 0 Å². The highest BCUT2D eigenvalue weighted by Crippen LogP contribution is 2.10. The first-order chi connectivity index (χ1) is 12.4. The summed E-state index contributed by atoms with van der Waals surface area (Å²) in [4.78, 5) is 4.34. The van der Waals surface area contributed by atoms with Crippen molar-refractivity contribution in [3.8, 4) is 0 Å². The number of aryl methyl sites for hydroxylation is 1. The van der Waals surface area contributed by atoms with Gasteiger partial charge in [0.2, 0.25) is 10.0 Å². The molecule has 0 amide bonds. The number of nitrogens with one attached hydrogen (secondary N) is 3. The first-order valence-corrected chi connectivity index (χ1v) is 9.56. The van der Waals surface area contributed by atoms with Crippen LogP contribution >= 0.6 is 0 Å². The molecular formula is C18H23FN4O2S. The van der Waals surface area contributed by atoms with Gasteiger partial charge in [-0.2, -0.15) is 0 Å². The Morgan fingerprint density at radius 1 is 1.04 bits per heavy atom. The van der Waals surface area contributed by atoms with Crippen LogP contribution in [0.3, 0.4) is 0 Å². The standard InChI is InChI=1S/C18H23FN4O2S/c1-13-4-5-15(10-17(13)19)12-23-18(20-2)22-11-14-6-8-16(9-7-14)26(24,25)21-3/h4-10,21H,11-12H2,1-3H3,(H2,20,22,23). The molecule has 0 saturated heterocycles. The van der Waals surface area contributed by atoms with Crippen LogP contribution in [-0.2, 0) is 23.1 Å². The van der Waals surface area contributed by atoms with Gasteiger partial charge in [0.15, 0.2) is 5.96 Å². The van der Waals surface area contributed by atoms with Crippen LogP contribution < -0.4 is 15.4 Å². The predicted octanol–water partition coefficient (Wildman–Crippen LogP) is 1.91. The van der Waals surface area contributed by atoms with Gasteiger partial charge in [0.05, 0.1) is 4.90 Å². The number of guanidine groups is 1. The van der Waals surface area contributed by atoms with Crippen molar-refractivity contribution in [1.82, 2.24) is 15.4 Å². The lowest BCUT2D eigenvalue weighted by Crippen LogP contribution is -2.36. The molecule has 8 heteroatoms. The van der Waals surface area contributed by atoms with Crippen molar-refractivity contribution < 1.29 is 12.8 Å². The Labute approximate surface area is 153 Å². The summed E-state index contributed by atoms with van der Waals surface area (Å²) in [5, 5.41) is 6.25. The number of nitrogens with zero attached hydrogens (tertiary/aromatic N) is 1. The molecule has 140 valence electrons. The van der Waals surface area contributed by atoms with Crippen molar-refractivity contribution in [3.05, 3.63) is 65.0 Å². The van der Waals surface area contributed by atoms with Crippen LogP contribution in [0.2, 0.25) is 0 Å². The molecular weight excluding hydrogens is 355 g/mol. The molecule has 0 aromatic heterocycles. The summed E-state index contributed by atoms with van der Waals surface area (Å²) < 4.78 is 39.3. The van der Waals surface area contributed by atoms with Gasteiger partial charge in [0, 0.05) is 20.1 Å². The first-order valence-electron chi connectivity index (χ1n) is 8.07. The Bertz CT molecular complexity index is 881. The Morgan fingerprint density at radius 2 is 1.62 bits per heavy atom. The molecule has 26 heavy (non-hydrogen) atoms. The molecule has 0 heterocycles. The molecule has 2 aromatic rings. The van der Waals surface area contributed by atoms with Gasteiger partial charge in [-0.25, -0.2) is 17.5 Å². The van der Waals surface area contributed by atoms with Crippen molar-refractivity contribution in [1.29, 1.82) is 0 Å². The van der Waals surface area contributed by atoms with E-state index in [1.54, 1.807) is 44.3 Å². The zero-order valence-electron chi connectivity index (χ0n) is 15.0. The van der Waals surface area contributed by atoms with Crippen LogP contribution in [0.1, 0.15) is 16.7 Å². The van der Waals surface area contributed by atoms with Crippen molar-refractivity contribution >= 4 is 16.0 Å². The highest BCUT2D eigenvalue weighted by molar-refractivity contribution is 7.89. The Hall–Kier alpha value is -2.45. The van der Waals surface area contributed by atoms with Gasteiger partial charge in [0.25, 0.3) is 0 Å². The van der Waals surface area contributed by atoms with Crippen molar-refractivity contribution in [2.24, 2.45) is 4.99 Å². The Balaban J connectivity index is 1.91. The molecule has 2 rings (SSSR count). The third kappa shape index (κ3) is 5.27. The summed E-state index contributed by atoms with van der Waals surface area (Å²) in [5.41, 5.74) is 2.34. The lowest BCUT2D eigenvalue weighted by atomic mass is 10.1. The minimum Gasteiger partial charge on any atom is -0.352 e. The molecule has 0 aliphatic heterocycles. The molecule has 0 unspecified atom stereocenters. The zero-order valence-corrected chi connectivity index (χ0v) is 15.8. The molecule has 0 saturated carbocycles. The minimum atomic E-state index is -3.43. The van der Waals surface area contributed by atoms with Crippen molar-refractivity contribution in [2.75, 3.05) is 14.1 Å². The summed E-state index contributed by atoms with van der Waals surface area (Å²) in [5.74, 6) is 0.335. The van der Waals surface area contributed by atoms with Gasteiger partial charge in [-0.3, -0.25) is 4.99 Å². The molecule has 3 N–H and O–H groups in total. The summed E-state index contributed by atoms with van der Waals surface area (Å²) in [7, 11) is -0.412. The van der Waals surface area contributed by atoms with Crippen molar-refractivity contribution in [2.45, 2.75) is 24.9 Å². The number of aliphatic imine (C=N–C) groups is 1. The fourth-order valence-electron chi connectivity index (χ4n) is 2.24. The number of halogens is 1. The maximum absolute atomic E-state index is 13.6. The normalized spacial score (nSPS) is 12.1. The molecule has 0 spiro atoms. The van der Waals surface area contributed by atoms with E-state index >= 15 is 0 Å². The maximum Gasteiger partial charge on any atom is 0.240 e. The van der Waals surface area contributed by atoms with Gasteiger partial charge >= 0.3 is 0 Å². The summed E-state index contributed by atoms with van der Waals surface area (Å²) in [6.45, 7) is 2.64. The number of benzene rings is 2. The van der Waals surface area contributed by atoms with E-state index in [0.717, 1.165) is 11.1 Å². The lowest BCUT2D eigenvalue weighted by molar-refractivity contribution is 0.588. The number of hydrogen-bond acceptors (Lipinski definition) is 3. The molecule has 0 bridgehead atoms. The fraction of sp³-hybridized carbons (Fsp3) is 0.278. The lowest BCUT2D eigenvalue weighted by Gasteiger charge is -2.12. The highest BCUT2D eigenvalue weighted by atomic mass is 32.2. The number of sulfonamides is 1. The van der Waals surface area contributed by atoms with Crippen LogP contribution in [0.4, 0.5) is 4.39 Å². The largest absolute Gasteiger partial charge is 0.352 e. The van der Waals surface area contributed by atoms with Gasteiger partial charge in [0.1, 0.15) is 5.82 Å². The van der Waals surface area contributed by atoms with Gasteiger partial charge in [-0.05, 0) is 48.9 Å². The smallest absolute Gasteiger partial charge is 0.240 e. The van der Waals surface area contributed by atoms with E-state index in [9.17, 15) is 12.8 Å². The second kappa shape index (κ2) is 8.77. The highest BCUT2D eigenvalue weighted by Gasteiger charge is 2.10. The average molecular weight is 378 g/mol. The van der Waals surface area contributed by atoms with E-state index in [0.29, 0.717) is 24.6 Å². The Kier molecular flexibility index (Phi) is 6.70. The molecule has 0 aliphatic rings. The summed E-state index contributed by atoms with van der Waals surface area (Å²) in [6.07, 6.45) is 0. The van der Waals surface area contributed by atoms with Gasteiger partial charge in [-0.1, -0.05) is 24.3 Å². The van der Waals surface area contributed by atoms with E-state index in [1.165, 1.54) is 13.1 Å². The van der Waals surface area contributed by atoms with E-state index in [2.05, 4.69) is 20.3 Å². The summed E-state index contributed by atoms with van der Waals surface area (Å²) >= 11 is 0.